The van der Waals surface area contributed by atoms with Crippen LogP contribution in [0.15, 0.2) is 29.3 Å². The van der Waals surface area contributed by atoms with Crippen molar-refractivity contribution in [3.63, 3.8) is 0 Å². The first-order valence-corrected chi connectivity index (χ1v) is 7.38. The van der Waals surface area contributed by atoms with Crippen LogP contribution in [0.25, 0.3) is 0 Å². The van der Waals surface area contributed by atoms with E-state index in [4.69, 9.17) is 11.6 Å². The number of carbonyl (C=O) groups excluding carboxylic acids is 1. The average Bonchev–Trinajstić information content (AvgIpc) is 2.47. The van der Waals surface area contributed by atoms with E-state index in [9.17, 15) is 4.79 Å². The summed E-state index contributed by atoms with van der Waals surface area (Å²) in [5.74, 6) is 0.616. The molecule has 0 radical (unpaired) electrons. The molecule has 0 aliphatic rings. The molecule has 0 spiro atoms. The van der Waals surface area contributed by atoms with Crippen molar-refractivity contribution in [1.82, 2.24) is 15.5 Å². The van der Waals surface area contributed by atoms with Crippen molar-refractivity contribution in [1.29, 1.82) is 0 Å². The number of amides is 1. The van der Waals surface area contributed by atoms with Gasteiger partial charge in [-0.25, -0.2) is 4.99 Å². The number of hydrogen-bond acceptors (Lipinski definition) is 2. The summed E-state index contributed by atoms with van der Waals surface area (Å²) in [6, 6.07) is 7.60. The van der Waals surface area contributed by atoms with Crippen LogP contribution in [0.3, 0.4) is 0 Å². The zero-order valence-electron chi connectivity index (χ0n) is 13.2. The Bertz CT molecular complexity index is 494. The van der Waals surface area contributed by atoms with Gasteiger partial charge in [0, 0.05) is 25.7 Å². The molecule has 0 bridgehead atoms. The topological polar surface area (TPSA) is 56.7 Å². The molecule has 0 aliphatic heterocycles. The van der Waals surface area contributed by atoms with Crippen LogP contribution in [0.5, 0.6) is 0 Å². The molecule has 0 atom stereocenters. The molecule has 1 amide bonds. The monoisotopic (exact) mass is 438 g/mol. The van der Waals surface area contributed by atoms with Gasteiger partial charge >= 0.3 is 0 Å². The van der Waals surface area contributed by atoms with Crippen LogP contribution >= 0.6 is 35.6 Å². The van der Waals surface area contributed by atoms with Crippen LogP contribution in [0.2, 0.25) is 5.02 Å². The number of nitrogens with zero attached hydrogens (tertiary/aromatic N) is 2. The Balaban J connectivity index is 0.00000441. The van der Waals surface area contributed by atoms with E-state index in [1.165, 1.54) is 0 Å². The van der Waals surface area contributed by atoms with Gasteiger partial charge in [-0.1, -0.05) is 36.7 Å². The lowest BCUT2D eigenvalue weighted by Crippen LogP contribution is -2.43. The summed E-state index contributed by atoms with van der Waals surface area (Å²) >= 11 is 6.11. The van der Waals surface area contributed by atoms with Gasteiger partial charge in [-0.2, -0.15) is 0 Å². The summed E-state index contributed by atoms with van der Waals surface area (Å²) in [6.45, 7) is 3.55. The standard InChI is InChI=1S/C15H23ClN4O.HI/c1-4-9-17-15(19-11-14(21)20(2)3)18-10-12-7-5-6-8-13(12)16;/h5-8H,4,9-11H2,1-3H3,(H2,17,18,19);1H. The minimum atomic E-state index is -0.00116. The van der Waals surface area contributed by atoms with Gasteiger partial charge in [0.15, 0.2) is 5.96 Å². The highest BCUT2D eigenvalue weighted by Crippen LogP contribution is 2.15. The lowest BCUT2D eigenvalue weighted by Gasteiger charge is -2.14. The van der Waals surface area contributed by atoms with E-state index in [0.717, 1.165) is 18.5 Å². The third-order valence-electron chi connectivity index (χ3n) is 2.81. The van der Waals surface area contributed by atoms with Gasteiger partial charge in [0.1, 0.15) is 0 Å². The van der Waals surface area contributed by atoms with Crippen molar-refractivity contribution in [3.05, 3.63) is 34.9 Å². The molecule has 0 aliphatic carbocycles. The molecule has 124 valence electrons. The van der Waals surface area contributed by atoms with Gasteiger partial charge in [-0.3, -0.25) is 4.79 Å². The summed E-state index contributed by atoms with van der Waals surface area (Å²) in [4.78, 5) is 17.6. The van der Waals surface area contributed by atoms with E-state index < -0.39 is 0 Å². The van der Waals surface area contributed by atoms with E-state index in [0.29, 0.717) is 17.5 Å². The van der Waals surface area contributed by atoms with Gasteiger partial charge in [0.05, 0.1) is 13.1 Å². The summed E-state index contributed by atoms with van der Waals surface area (Å²) < 4.78 is 0. The number of aliphatic imine (C=N–C) groups is 1. The summed E-state index contributed by atoms with van der Waals surface area (Å²) in [7, 11) is 3.45. The van der Waals surface area contributed by atoms with Crippen molar-refractivity contribution in [3.8, 4) is 0 Å². The fourth-order valence-electron chi connectivity index (χ4n) is 1.53. The molecule has 0 saturated heterocycles. The Morgan fingerprint density at radius 2 is 1.95 bits per heavy atom. The van der Waals surface area contributed by atoms with Crippen LogP contribution in [0.4, 0.5) is 0 Å². The number of guanidine groups is 1. The number of nitrogens with one attached hydrogen (secondary N) is 2. The van der Waals surface area contributed by atoms with Crippen molar-refractivity contribution in [2.75, 3.05) is 27.2 Å². The molecule has 22 heavy (non-hydrogen) atoms. The molecule has 7 heteroatoms. The van der Waals surface area contributed by atoms with Gasteiger partial charge in [0.2, 0.25) is 5.91 Å². The Labute approximate surface area is 154 Å². The number of halogens is 2. The molecule has 2 N–H and O–H groups in total. The highest BCUT2D eigenvalue weighted by molar-refractivity contribution is 14.0. The first-order chi connectivity index (χ1) is 10.0. The molecule has 0 heterocycles. The summed E-state index contributed by atoms with van der Waals surface area (Å²) in [6.07, 6.45) is 0.981. The molecule has 0 saturated carbocycles. The number of benzene rings is 1. The second-order valence-electron chi connectivity index (χ2n) is 4.82. The number of hydrogen-bond donors (Lipinski definition) is 2. The van der Waals surface area contributed by atoms with Crippen LogP contribution in [0.1, 0.15) is 18.9 Å². The number of carbonyl (C=O) groups is 1. The quantitative estimate of drug-likeness (QED) is 0.408. The van der Waals surface area contributed by atoms with Crippen LogP contribution < -0.4 is 10.6 Å². The Hall–Kier alpha value is -1.02. The van der Waals surface area contributed by atoms with Gasteiger partial charge in [-0.05, 0) is 18.1 Å². The van der Waals surface area contributed by atoms with Crippen LogP contribution in [-0.2, 0) is 11.3 Å². The van der Waals surface area contributed by atoms with Crippen LogP contribution in [0, 0.1) is 0 Å². The molecule has 0 aromatic heterocycles. The molecular formula is C15H24ClIN4O. The fraction of sp³-hybridized carbons (Fsp3) is 0.467. The van der Waals surface area contributed by atoms with Crippen molar-refractivity contribution in [2.45, 2.75) is 19.9 Å². The molecule has 1 aromatic carbocycles. The molecule has 0 fully saturated rings. The molecular weight excluding hydrogens is 415 g/mol. The second kappa shape index (κ2) is 11.5. The lowest BCUT2D eigenvalue weighted by molar-refractivity contribution is -0.127. The maximum Gasteiger partial charge on any atom is 0.241 e. The van der Waals surface area contributed by atoms with Crippen molar-refractivity contribution in [2.24, 2.45) is 4.99 Å². The highest BCUT2D eigenvalue weighted by Gasteiger charge is 2.06. The molecule has 5 nitrogen and oxygen atoms in total. The smallest absolute Gasteiger partial charge is 0.241 e. The predicted molar refractivity (Wildman–Crippen MR) is 103 cm³/mol. The van der Waals surface area contributed by atoms with Crippen molar-refractivity contribution >= 4 is 47.4 Å². The third kappa shape index (κ3) is 7.84. The summed E-state index contributed by atoms with van der Waals surface area (Å²) in [5.41, 5.74) is 0.954. The van der Waals surface area contributed by atoms with E-state index in [2.05, 4.69) is 22.5 Å². The Morgan fingerprint density at radius 1 is 1.27 bits per heavy atom. The third-order valence-corrected chi connectivity index (χ3v) is 3.18. The van der Waals surface area contributed by atoms with Crippen LogP contribution in [-0.4, -0.2) is 44.0 Å². The fourth-order valence-corrected chi connectivity index (χ4v) is 1.72. The molecule has 1 rings (SSSR count). The van der Waals surface area contributed by atoms with E-state index in [1.54, 1.807) is 19.0 Å². The lowest BCUT2D eigenvalue weighted by atomic mass is 10.2. The van der Waals surface area contributed by atoms with E-state index in [1.807, 2.05) is 24.3 Å². The maximum atomic E-state index is 11.6. The molecule has 0 unspecified atom stereocenters. The van der Waals surface area contributed by atoms with E-state index >= 15 is 0 Å². The first kappa shape index (κ1) is 21.0. The zero-order chi connectivity index (χ0) is 15.7. The normalized spacial score (nSPS) is 10.6. The first-order valence-electron chi connectivity index (χ1n) is 7.00. The van der Waals surface area contributed by atoms with Gasteiger partial charge in [-0.15, -0.1) is 24.0 Å². The average molecular weight is 439 g/mol. The van der Waals surface area contributed by atoms with Gasteiger partial charge < -0.3 is 15.5 Å². The minimum Gasteiger partial charge on any atom is -0.356 e. The van der Waals surface area contributed by atoms with Crippen molar-refractivity contribution < 1.29 is 4.79 Å². The minimum absolute atomic E-state index is 0. The number of likely N-dealkylation sites (N-methyl/N-ethyl adjacent to an activating group) is 1. The Kier molecular flexibility index (Phi) is 11.0. The van der Waals surface area contributed by atoms with Gasteiger partial charge in [0.25, 0.3) is 0 Å². The predicted octanol–water partition coefficient (Wildman–Crippen LogP) is 2.49. The largest absolute Gasteiger partial charge is 0.356 e. The summed E-state index contributed by atoms with van der Waals surface area (Å²) in [5, 5.41) is 6.90. The van der Waals surface area contributed by atoms with E-state index in [-0.39, 0.29) is 36.4 Å². The molecule has 1 aromatic rings. The second-order valence-corrected chi connectivity index (χ2v) is 5.23. The SMILES string of the molecule is CCCNC(=NCc1ccccc1Cl)NCC(=O)N(C)C.I. The number of rotatable bonds is 6. The Morgan fingerprint density at radius 3 is 2.55 bits per heavy atom. The maximum absolute atomic E-state index is 11.6. The highest BCUT2D eigenvalue weighted by atomic mass is 127. The zero-order valence-corrected chi connectivity index (χ0v) is 16.3.